The van der Waals surface area contributed by atoms with Gasteiger partial charge in [0.05, 0.1) is 0 Å². The first kappa shape index (κ1) is 16.3. The zero-order chi connectivity index (χ0) is 14.1. The van der Waals surface area contributed by atoms with Crippen LogP contribution in [0.15, 0.2) is 4.99 Å². The summed E-state index contributed by atoms with van der Waals surface area (Å²) in [4.78, 5) is 4.29. The van der Waals surface area contributed by atoms with Gasteiger partial charge in [0.2, 0.25) is 0 Å². The molecule has 1 saturated carbocycles. The van der Waals surface area contributed by atoms with Crippen molar-refractivity contribution in [3.8, 4) is 0 Å². The van der Waals surface area contributed by atoms with Crippen LogP contribution < -0.4 is 10.6 Å². The number of nitrogens with one attached hydrogen (secondary N) is 2. The minimum Gasteiger partial charge on any atom is -0.385 e. The largest absolute Gasteiger partial charge is 0.385 e. The maximum Gasteiger partial charge on any atom is 0.191 e. The number of hydrogen-bond donors (Lipinski definition) is 2. The van der Waals surface area contributed by atoms with Gasteiger partial charge in [-0.15, -0.1) is 0 Å². The minimum atomic E-state index is 0.587. The number of guanidine groups is 1. The molecule has 0 saturated heterocycles. The minimum absolute atomic E-state index is 0.587. The van der Waals surface area contributed by atoms with Crippen molar-refractivity contribution in [1.29, 1.82) is 0 Å². The first-order valence-electron chi connectivity index (χ1n) is 7.63. The molecule has 0 aliphatic heterocycles. The molecule has 2 N–H and O–H groups in total. The number of nitrogens with zero attached hydrogens (tertiary/aromatic N) is 1. The second-order valence-corrected chi connectivity index (χ2v) is 5.85. The molecule has 1 aliphatic rings. The molecule has 0 heterocycles. The lowest BCUT2D eigenvalue weighted by molar-refractivity contribution is 0.195. The molecule has 0 aromatic heterocycles. The molecule has 0 spiro atoms. The molecular weight excluding hydrogens is 238 g/mol. The van der Waals surface area contributed by atoms with Crippen molar-refractivity contribution in [2.24, 2.45) is 16.8 Å². The summed E-state index contributed by atoms with van der Waals surface area (Å²) in [6, 6.07) is 0.587. The maximum absolute atomic E-state index is 5.04. The summed E-state index contributed by atoms with van der Waals surface area (Å²) in [6.07, 6.45) is 6.23. The van der Waals surface area contributed by atoms with Gasteiger partial charge in [-0.1, -0.05) is 13.8 Å². The third kappa shape index (κ3) is 6.28. The lowest BCUT2D eigenvalue weighted by Gasteiger charge is -2.32. The molecule has 0 amide bonds. The smallest absolute Gasteiger partial charge is 0.191 e. The van der Waals surface area contributed by atoms with Gasteiger partial charge >= 0.3 is 0 Å². The molecule has 1 aliphatic carbocycles. The van der Waals surface area contributed by atoms with Crippen LogP contribution >= 0.6 is 0 Å². The molecule has 0 unspecified atom stereocenters. The molecule has 4 heteroatoms. The van der Waals surface area contributed by atoms with Crippen molar-refractivity contribution in [3.63, 3.8) is 0 Å². The van der Waals surface area contributed by atoms with Crippen molar-refractivity contribution < 1.29 is 4.74 Å². The third-order valence-corrected chi connectivity index (χ3v) is 4.10. The number of rotatable bonds is 6. The Morgan fingerprint density at radius 3 is 2.47 bits per heavy atom. The summed E-state index contributed by atoms with van der Waals surface area (Å²) in [5.74, 6) is 2.67. The average molecular weight is 269 g/mol. The normalized spacial score (nSPS) is 24.6. The van der Waals surface area contributed by atoms with Gasteiger partial charge in [-0.3, -0.25) is 4.99 Å². The van der Waals surface area contributed by atoms with E-state index in [0.29, 0.717) is 6.04 Å². The van der Waals surface area contributed by atoms with E-state index in [1.807, 2.05) is 7.05 Å². The Hall–Kier alpha value is -0.770. The van der Waals surface area contributed by atoms with E-state index in [2.05, 4.69) is 29.5 Å². The number of hydrogen-bond acceptors (Lipinski definition) is 2. The second-order valence-electron chi connectivity index (χ2n) is 5.85. The molecule has 0 aromatic carbocycles. The molecule has 1 fully saturated rings. The van der Waals surface area contributed by atoms with E-state index in [1.165, 1.54) is 25.7 Å². The van der Waals surface area contributed by atoms with Crippen LogP contribution in [-0.4, -0.2) is 39.3 Å². The summed E-state index contributed by atoms with van der Waals surface area (Å²) < 4.78 is 5.04. The predicted octanol–water partition coefficient (Wildman–Crippen LogP) is 2.40. The Morgan fingerprint density at radius 2 is 1.95 bits per heavy atom. The standard InChI is InChI=1S/C15H31N3O/c1-12(2)13-6-8-14(9-7-13)18-15(16-3)17-10-5-11-19-4/h12-14H,5-11H2,1-4H3,(H2,16,17,18). The van der Waals surface area contributed by atoms with E-state index < -0.39 is 0 Å². The highest BCUT2D eigenvalue weighted by Crippen LogP contribution is 2.29. The van der Waals surface area contributed by atoms with Crippen molar-refractivity contribution in [2.75, 3.05) is 27.3 Å². The molecule has 4 nitrogen and oxygen atoms in total. The third-order valence-electron chi connectivity index (χ3n) is 4.10. The first-order chi connectivity index (χ1) is 9.17. The van der Waals surface area contributed by atoms with E-state index in [9.17, 15) is 0 Å². The Balaban J connectivity index is 2.22. The van der Waals surface area contributed by atoms with E-state index >= 15 is 0 Å². The molecular formula is C15H31N3O. The molecule has 0 aromatic rings. The predicted molar refractivity (Wildman–Crippen MR) is 81.6 cm³/mol. The molecule has 19 heavy (non-hydrogen) atoms. The van der Waals surface area contributed by atoms with Crippen LogP contribution in [0.2, 0.25) is 0 Å². The van der Waals surface area contributed by atoms with Gasteiger partial charge in [0, 0.05) is 33.4 Å². The van der Waals surface area contributed by atoms with Crippen LogP contribution in [0.3, 0.4) is 0 Å². The van der Waals surface area contributed by atoms with Crippen LogP contribution in [-0.2, 0) is 4.74 Å². The van der Waals surface area contributed by atoms with Crippen molar-refractivity contribution in [2.45, 2.75) is 52.0 Å². The highest BCUT2D eigenvalue weighted by Gasteiger charge is 2.23. The fraction of sp³-hybridized carbons (Fsp3) is 0.933. The SMILES string of the molecule is CN=C(NCCCOC)NC1CCC(C(C)C)CC1. The quantitative estimate of drug-likeness (QED) is 0.442. The van der Waals surface area contributed by atoms with E-state index in [1.54, 1.807) is 7.11 Å². The summed E-state index contributed by atoms with van der Waals surface area (Å²) in [5.41, 5.74) is 0. The van der Waals surface area contributed by atoms with E-state index in [0.717, 1.165) is 37.4 Å². The summed E-state index contributed by atoms with van der Waals surface area (Å²) in [7, 11) is 3.58. The van der Waals surface area contributed by atoms with Gasteiger partial charge in [0.1, 0.15) is 0 Å². The number of aliphatic imine (C=N–C) groups is 1. The van der Waals surface area contributed by atoms with Crippen LogP contribution in [0, 0.1) is 11.8 Å². The second kappa shape index (κ2) is 9.18. The van der Waals surface area contributed by atoms with E-state index in [4.69, 9.17) is 4.74 Å². The van der Waals surface area contributed by atoms with Crippen LogP contribution in [0.4, 0.5) is 0 Å². The average Bonchev–Trinajstić information content (AvgIpc) is 2.42. The Bertz CT molecular complexity index is 258. The Kier molecular flexibility index (Phi) is 7.87. The topological polar surface area (TPSA) is 45.7 Å². The highest BCUT2D eigenvalue weighted by atomic mass is 16.5. The molecule has 0 radical (unpaired) electrons. The van der Waals surface area contributed by atoms with Crippen LogP contribution in [0.1, 0.15) is 46.0 Å². The molecule has 1 rings (SSSR count). The molecule has 112 valence electrons. The lowest BCUT2D eigenvalue weighted by atomic mass is 9.80. The fourth-order valence-electron chi connectivity index (χ4n) is 2.74. The summed E-state index contributed by atoms with van der Waals surface area (Å²) in [6.45, 7) is 6.39. The van der Waals surface area contributed by atoms with Gasteiger partial charge < -0.3 is 15.4 Å². The van der Waals surface area contributed by atoms with Gasteiger partial charge in [-0.05, 0) is 43.9 Å². The van der Waals surface area contributed by atoms with Gasteiger partial charge in [-0.2, -0.15) is 0 Å². The molecule has 0 bridgehead atoms. The van der Waals surface area contributed by atoms with Crippen LogP contribution in [0.25, 0.3) is 0 Å². The van der Waals surface area contributed by atoms with E-state index in [-0.39, 0.29) is 0 Å². The Labute approximate surface area is 118 Å². The number of ether oxygens (including phenoxy) is 1. The zero-order valence-corrected chi connectivity index (χ0v) is 13.0. The van der Waals surface area contributed by atoms with Crippen molar-refractivity contribution >= 4 is 5.96 Å². The van der Waals surface area contributed by atoms with Crippen molar-refractivity contribution in [3.05, 3.63) is 0 Å². The fourth-order valence-corrected chi connectivity index (χ4v) is 2.74. The van der Waals surface area contributed by atoms with Gasteiger partial charge in [0.25, 0.3) is 0 Å². The lowest BCUT2D eigenvalue weighted by Crippen LogP contribution is -2.45. The zero-order valence-electron chi connectivity index (χ0n) is 13.0. The maximum atomic E-state index is 5.04. The van der Waals surface area contributed by atoms with Crippen molar-refractivity contribution in [1.82, 2.24) is 10.6 Å². The summed E-state index contributed by atoms with van der Waals surface area (Å²) >= 11 is 0. The Morgan fingerprint density at radius 1 is 1.26 bits per heavy atom. The highest BCUT2D eigenvalue weighted by molar-refractivity contribution is 5.79. The van der Waals surface area contributed by atoms with Gasteiger partial charge in [-0.25, -0.2) is 0 Å². The summed E-state index contributed by atoms with van der Waals surface area (Å²) in [5, 5.41) is 6.88. The first-order valence-corrected chi connectivity index (χ1v) is 7.63. The van der Waals surface area contributed by atoms with Gasteiger partial charge in [0.15, 0.2) is 5.96 Å². The monoisotopic (exact) mass is 269 g/mol. The van der Waals surface area contributed by atoms with Crippen LogP contribution in [0.5, 0.6) is 0 Å². The molecule has 0 atom stereocenters. The number of methoxy groups -OCH3 is 1.